The van der Waals surface area contributed by atoms with E-state index in [1.807, 2.05) is 45.0 Å². The lowest BCUT2D eigenvalue weighted by atomic mass is 9.63. The van der Waals surface area contributed by atoms with E-state index in [-0.39, 0.29) is 24.4 Å². The van der Waals surface area contributed by atoms with Crippen molar-refractivity contribution in [3.05, 3.63) is 34.9 Å². The zero-order valence-electron chi connectivity index (χ0n) is 14.1. The molecule has 0 atom stereocenters. The lowest BCUT2D eigenvalue weighted by Gasteiger charge is -2.43. The van der Waals surface area contributed by atoms with Crippen LogP contribution in [0, 0.1) is 0 Å². The predicted molar refractivity (Wildman–Crippen MR) is 92.5 cm³/mol. The lowest BCUT2D eigenvalue weighted by molar-refractivity contribution is -0.143. The SMILES string of the molecule is CCN(CC(=O)NC(C)C)C(=O)C1(c2ccc(Cl)cc2)CCC1. The van der Waals surface area contributed by atoms with Crippen LogP contribution in [-0.4, -0.2) is 35.8 Å². The Bertz CT molecular complexity index is 565. The molecule has 1 N–H and O–H groups in total. The summed E-state index contributed by atoms with van der Waals surface area (Å²) in [6.45, 7) is 6.38. The van der Waals surface area contributed by atoms with Crippen LogP contribution in [-0.2, 0) is 15.0 Å². The van der Waals surface area contributed by atoms with Crippen molar-refractivity contribution in [1.29, 1.82) is 0 Å². The van der Waals surface area contributed by atoms with E-state index in [2.05, 4.69) is 5.32 Å². The maximum Gasteiger partial charge on any atom is 0.239 e. The van der Waals surface area contributed by atoms with Crippen molar-refractivity contribution in [3.8, 4) is 0 Å². The highest BCUT2D eigenvalue weighted by molar-refractivity contribution is 6.30. The number of likely N-dealkylation sites (N-methyl/N-ethyl adjacent to an activating group) is 1. The second kappa shape index (κ2) is 7.35. The number of halogens is 1. The number of carbonyl (C=O) groups is 2. The fourth-order valence-electron chi connectivity index (χ4n) is 3.10. The quantitative estimate of drug-likeness (QED) is 0.867. The summed E-state index contributed by atoms with van der Waals surface area (Å²) < 4.78 is 0. The monoisotopic (exact) mass is 336 g/mol. The van der Waals surface area contributed by atoms with Crippen LogP contribution < -0.4 is 5.32 Å². The first kappa shape index (κ1) is 17.8. The zero-order chi connectivity index (χ0) is 17.0. The number of nitrogens with one attached hydrogen (secondary N) is 1. The molecule has 0 saturated heterocycles. The van der Waals surface area contributed by atoms with E-state index in [0.29, 0.717) is 11.6 Å². The van der Waals surface area contributed by atoms with E-state index in [1.165, 1.54) is 0 Å². The van der Waals surface area contributed by atoms with Crippen molar-refractivity contribution in [2.75, 3.05) is 13.1 Å². The average molecular weight is 337 g/mol. The van der Waals surface area contributed by atoms with Crippen LogP contribution in [0.4, 0.5) is 0 Å². The third-order valence-electron chi connectivity index (χ3n) is 4.47. The summed E-state index contributed by atoms with van der Waals surface area (Å²) in [5, 5.41) is 3.51. The van der Waals surface area contributed by atoms with Gasteiger partial charge < -0.3 is 10.2 Å². The van der Waals surface area contributed by atoms with Gasteiger partial charge in [0.25, 0.3) is 0 Å². The minimum absolute atomic E-state index is 0.0486. The molecule has 1 aromatic carbocycles. The number of hydrogen-bond donors (Lipinski definition) is 1. The molecule has 23 heavy (non-hydrogen) atoms. The molecule has 126 valence electrons. The summed E-state index contributed by atoms with van der Waals surface area (Å²) in [6, 6.07) is 7.59. The van der Waals surface area contributed by atoms with Crippen molar-refractivity contribution in [1.82, 2.24) is 10.2 Å². The molecule has 0 bridgehead atoms. The van der Waals surface area contributed by atoms with Gasteiger partial charge in [0, 0.05) is 17.6 Å². The normalized spacial score (nSPS) is 15.9. The van der Waals surface area contributed by atoms with E-state index in [0.717, 1.165) is 24.8 Å². The molecule has 1 saturated carbocycles. The standard InChI is InChI=1S/C18H25ClN2O2/c1-4-21(12-16(22)20-13(2)3)17(23)18(10-5-11-18)14-6-8-15(19)9-7-14/h6-9,13H,4-5,10-12H2,1-3H3,(H,20,22). The Labute approximate surface area is 143 Å². The van der Waals surface area contributed by atoms with Gasteiger partial charge in [-0.25, -0.2) is 0 Å². The number of carbonyl (C=O) groups excluding carboxylic acids is 2. The minimum atomic E-state index is -0.487. The largest absolute Gasteiger partial charge is 0.352 e. The number of nitrogens with zero attached hydrogens (tertiary/aromatic N) is 1. The van der Waals surface area contributed by atoms with Gasteiger partial charge in [-0.2, -0.15) is 0 Å². The summed E-state index contributed by atoms with van der Waals surface area (Å²) in [5.74, 6) is -0.0618. The lowest BCUT2D eigenvalue weighted by Crippen LogP contribution is -2.53. The molecule has 2 amide bonds. The van der Waals surface area contributed by atoms with Gasteiger partial charge in [0.05, 0.1) is 12.0 Å². The topological polar surface area (TPSA) is 49.4 Å². The van der Waals surface area contributed by atoms with Gasteiger partial charge in [0.1, 0.15) is 0 Å². The Morgan fingerprint density at radius 2 is 1.87 bits per heavy atom. The molecular weight excluding hydrogens is 312 g/mol. The van der Waals surface area contributed by atoms with Crippen LogP contribution in [0.3, 0.4) is 0 Å². The second-order valence-corrected chi connectivity index (χ2v) is 6.92. The molecule has 1 aliphatic rings. The summed E-state index contributed by atoms with van der Waals surface area (Å²) >= 11 is 5.96. The second-order valence-electron chi connectivity index (χ2n) is 6.48. The Balaban J connectivity index is 2.17. The van der Waals surface area contributed by atoms with Crippen LogP contribution in [0.25, 0.3) is 0 Å². The van der Waals surface area contributed by atoms with Crippen LogP contribution in [0.2, 0.25) is 5.02 Å². The molecular formula is C18H25ClN2O2. The van der Waals surface area contributed by atoms with Gasteiger partial charge in [0.2, 0.25) is 11.8 Å². The molecule has 0 unspecified atom stereocenters. The first-order chi connectivity index (χ1) is 10.9. The van der Waals surface area contributed by atoms with E-state index >= 15 is 0 Å². The van der Waals surface area contributed by atoms with Crippen LogP contribution >= 0.6 is 11.6 Å². The number of hydrogen-bond acceptors (Lipinski definition) is 2. The fraction of sp³-hybridized carbons (Fsp3) is 0.556. The summed E-state index contributed by atoms with van der Waals surface area (Å²) in [7, 11) is 0. The molecule has 0 aliphatic heterocycles. The van der Waals surface area contributed by atoms with Crippen LogP contribution in [0.5, 0.6) is 0 Å². The van der Waals surface area contributed by atoms with Crippen LogP contribution in [0.15, 0.2) is 24.3 Å². The van der Waals surface area contributed by atoms with E-state index < -0.39 is 5.41 Å². The zero-order valence-corrected chi connectivity index (χ0v) is 14.8. The molecule has 1 aromatic rings. The van der Waals surface area contributed by atoms with Crippen LogP contribution in [0.1, 0.15) is 45.6 Å². The molecule has 4 nitrogen and oxygen atoms in total. The number of benzene rings is 1. The predicted octanol–water partition coefficient (Wildman–Crippen LogP) is 3.13. The maximum atomic E-state index is 13.1. The highest BCUT2D eigenvalue weighted by Crippen LogP contribution is 2.45. The van der Waals surface area contributed by atoms with Crippen molar-refractivity contribution in [2.24, 2.45) is 0 Å². The average Bonchev–Trinajstić information content (AvgIpc) is 2.44. The van der Waals surface area contributed by atoms with Crippen molar-refractivity contribution < 1.29 is 9.59 Å². The highest BCUT2D eigenvalue weighted by Gasteiger charge is 2.47. The van der Waals surface area contributed by atoms with Gasteiger partial charge >= 0.3 is 0 Å². The molecule has 5 heteroatoms. The third-order valence-corrected chi connectivity index (χ3v) is 4.72. The minimum Gasteiger partial charge on any atom is -0.352 e. The molecule has 1 fully saturated rings. The third kappa shape index (κ3) is 3.86. The fourth-order valence-corrected chi connectivity index (χ4v) is 3.22. The van der Waals surface area contributed by atoms with Crippen molar-refractivity contribution in [3.63, 3.8) is 0 Å². The van der Waals surface area contributed by atoms with Gasteiger partial charge in [-0.05, 0) is 51.3 Å². The number of amides is 2. The smallest absolute Gasteiger partial charge is 0.239 e. The van der Waals surface area contributed by atoms with Crippen molar-refractivity contribution >= 4 is 23.4 Å². The number of rotatable bonds is 6. The molecule has 0 heterocycles. The molecule has 0 aromatic heterocycles. The van der Waals surface area contributed by atoms with Crippen molar-refractivity contribution in [2.45, 2.75) is 51.5 Å². The Kier molecular flexibility index (Phi) is 5.69. The Hall–Kier alpha value is -1.55. The summed E-state index contributed by atoms with van der Waals surface area (Å²) in [6.07, 6.45) is 2.69. The summed E-state index contributed by atoms with van der Waals surface area (Å²) in [4.78, 5) is 26.8. The van der Waals surface area contributed by atoms with E-state index in [9.17, 15) is 9.59 Å². The highest BCUT2D eigenvalue weighted by atomic mass is 35.5. The molecule has 0 radical (unpaired) electrons. The van der Waals surface area contributed by atoms with Gasteiger partial charge in [0.15, 0.2) is 0 Å². The maximum absolute atomic E-state index is 13.1. The van der Waals surface area contributed by atoms with E-state index in [1.54, 1.807) is 4.90 Å². The van der Waals surface area contributed by atoms with Gasteiger partial charge in [-0.15, -0.1) is 0 Å². The Morgan fingerprint density at radius 1 is 1.26 bits per heavy atom. The van der Waals surface area contributed by atoms with Gasteiger partial charge in [-0.3, -0.25) is 9.59 Å². The first-order valence-corrected chi connectivity index (χ1v) is 8.61. The molecule has 0 spiro atoms. The molecule has 2 rings (SSSR count). The Morgan fingerprint density at radius 3 is 2.30 bits per heavy atom. The first-order valence-electron chi connectivity index (χ1n) is 8.24. The summed E-state index contributed by atoms with van der Waals surface area (Å²) in [5.41, 5.74) is 0.513. The van der Waals surface area contributed by atoms with Gasteiger partial charge in [-0.1, -0.05) is 30.2 Å². The van der Waals surface area contributed by atoms with E-state index in [4.69, 9.17) is 11.6 Å². The molecule has 1 aliphatic carbocycles.